The summed E-state index contributed by atoms with van der Waals surface area (Å²) in [7, 11) is -4.19. The van der Waals surface area contributed by atoms with Crippen LogP contribution in [0.3, 0.4) is 0 Å². The predicted molar refractivity (Wildman–Crippen MR) is 78.7 cm³/mol. The Morgan fingerprint density at radius 2 is 1.95 bits per heavy atom. The number of hydrogen-bond acceptors (Lipinski definition) is 3. The molecule has 0 radical (unpaired) electrons. The van der Waals surface area contributed by atoms with E-state index < -0.39 is 10.1 Å². The average molecular weight is 295 g/mol. The molecular weight excluding hydrogens is 274 g/mol. The first-order valence-corrected chi connectivity index (χ1v) is 8.52. The minimum atomic E-state index is -4.19. The lowest BCUT2D eigenvalue weighted by molar-refractivity contribution is -0.433. The van der Waals surface area contributed by atoms with E-state index in [1.165, 1.54) is 5.56 Å². The Hall–Kier alpha value is -1.20. The van der Waals surface area contributed by atoms with Crippen molar-refractivity contribution >= 4 is 21.5 Å². The molecule has 1 aromatic carbocycles. The van der Waals surface area contributed by atoms with Crippen molar-refractivity contribution < 1.29 is 17.5 Å². The SMILES string of the molecule is CCCC1(C)C(C)=[N+](CCS(=O)(=O)[O-])c2ccccc21. The van der Waals surface area contributed by atoms with Gasteiger partial charge in [-0.05, 0) is 13.3 Å². The normalized spacial score (nSPS) is 22.2. The van der Waals surface area contributed by atoms with Gasteiger partial charge in [-0.15, -0.1) is 0 Å². The zero-order valence-electron chi connectivity index (χ0n) is 12.2. The second kappa shape index (κ2) is 5.30. The lowest BCUT2D eigenvalue weighted by atomic mass is 9.76. The molecule has 2 rings (SSSR count). The van der Waals surface area contributed by atoms with Crippen LogP contribution in [0.25, 0.3) is 0 Å². The Morgan fingerprint density at radius 3 is 2.55 bits per heavy atom. The van der Waals surface area contributed by atoms with Crippen molar-refractivity contribution in [2.24, 2.45) is 0 Å². The van der Waals surface area contributed by atoms with Gasteiger partial charge in [0.1, 0.15) is 10.1 Å². The number of fused-ring (bicyclic) bond motifs is 1. The maximum Gasteiger partial charge on any atom is 0.209 e. The number of para-hydroxylation sites is 1. The summed E-state index contributed by atoms with van der Waals surface area (Å²) in [6.07, 6.45) is 2.06. The molecule has 20 heavy (non-hydrogen) atoms. The molecule has 1 aliphatic heterocycles. The van der Waals surface area contributed by atoms with Crippen LogP contribution in [0.15, 0.2) is 24.3 Å². The summed E-state index contributed by atoms with van der Waals surface area (Å²) < 4.78 is 34.7. The van der Waals surface area contributed by atoms with Crippen LogP contribution < -0.4 is 0 Å². The Morgan fingerprint density at radius 1 is 1.30 bits per heavy atom. The topological polar surface area (TPSA) is 60.2 Å². The fourth-order valence-corrected chi connectivity index (χ4v) is 3.56. The largest absolute Gasteiger partial charge is 0.748 e. The molecule has 1 aliphatic rings. The van der Waals surface area contributed by atoms with Crippen LogP contribution in [0, 0.1) is 0 Å². The fourth-order valence-electron chi connectivity index (χ4n) is 3.16. The molecule has 0 N–H and O–H groups in total. The zero-order chi connectivity index (χ0) is 15.0. The molecule has 1 heterocycles. The van der Waals surface area contributed by atoms with Crippen molar-refractivity contribution in [2.45, 2.75) is 39.0 Å². The van der Waals surface area contributed by atoms with E-state index in [9.17, 15) is 13.0 Å². The quantitative estimate of drug-likeness (QED) is 0.619. The molecule has 1 atom stereocenters. The third kappa shape index (κ3) is 2.65. The van der Waals surface area contributed by atoms with Gasteiger partial charge in [0.25, 0.3) is 0 Å². The van der Waals surface area contributed by atoms with Crippen LogP contribution in [0.1, 0.15) is 39.2 Å². The number of nitrogens with zero attached hydrogens (tertiary/aromatic N) is 1. The molecule has 0 aromatic heterocycles. The van der Waals surface area contributed by atoms with Gasteiger partial charge in [-0.2, -0.15) is 4.58 Å². The van der Waals surface area contributed by atoms with Crippen molar-refractivity contribution in [2.75, 3.05) is 12.3 Å². The van der Waals surface area contributed by atoms with Crippen molar-refractivity contribution in [3.05, 3.63) is 29.8 Å². The van der Waals surface area contributed by atoms with E-state index in [2.05, 4.69) is 19.9 Å². The van der Waals surface area contributed by atoms with E-state index in [4.69, 9.17) is 0 Å². The maximum atomic E-state index is 10.9. The van der Waals surface area contributed by atoms with Gasteiger partial charge >= 0.3 is 0 Å². The van der Waals surface area contributed by atoms with Crippen molar-refractivity contribution in [3.8, 4) is 0 Å². The number of benzene rings is 1. The number of rotatable bonds is 5. The Kier molecular flexibility index (Phi) is 4.02. The van der Waals surface area contributed by atoms with Gasteiger partial charge in [0.15, 0.2) is 12.3 Å². The molecule has 4 nitrogen and oxygen atoms in total. The van der Waals surface area contributed by atoms with Crippen LogP contribution >= 0.6 is 0 Å². The molecule has 1 unspecified atom stereocenters. The van der Waals surface area contributed by atoms with E-state index in [1.807, 2.05) is 29.7 Å². The van der Waals surface area contributed by atoms with Crippen LogP contribution in [0.4, 0.5) is 5.69 Å². The van der Waals surface area contributed by atoms with Gasteiger partial charge in [0.05, 0.1) is 11.2 Å². The molecule has 0 amide bonds. The van der Waals surface area contributed by atoms with Gasteiger partial charge in [-0.3, -0.25) is 0 Å². The first kappa shape index (κ1) is 15.2. The highest BCUT2D eigenvalue weighted by Gasteiger charge is 2.45. The Balaban J connectivity index is 2.46. The third-order valence-electron chi connectivity index (χ3n) is 4.31. The van der Waals surface area contributed by atoms with Crippen molar-refractivity contribution in [3.63, 3.8) is 0 Å². The van der Waals surface area contributed by atoms with E-state index in [-0.39, 0.29) is 17.7 Å². The molecule has 110 valence electrons. The molecule has 5 heteroatoms. The molecule has 0 spiro atoms. The standard InChI is InChI=1S/C15H21NO3S/c1-4-9-15(3)12(2)16(10-11-20(17,18)19)14-8-6-5-7-13(14)15/h5-8H,4,9-11H2,1-3H3. The van der Waals surface area contributed by atoms with Crippen LogP contribution in [0.2, 0.25) is 0 Å². The second-order valence-electron chi connectivity index (χ2n) is 5.60. The maximum absolute atomic E-state index is 10.9. The summed E-state index contributed by atoms with van der Waals surface area (Å²) in [5.74, 6) is -0.360. The average Bonchev–Trinajstić information content (AvgIpc) is 2.57. The van der Waals surface area contributed by atoms with E-state index in [0.29, 0.717) is 0 Å². The molecule has 0 fully saturated rings. The molecule has 0 saturated heterocycles. The van der Waals surface area contributed by atoms with Gasteiger partial charge in [0.2, 0.25) is 5.69 Å². The van der Waals surface area contributed by atoms with E-state index >= 15 is 0 Å². The fraction of sp³-hybridized carbons (Fsp3) is 0.533. The summed E-state index contributed by atoms with van der Waals surface area (Å²) in [5.41, 5.74) is 3.31. The summed E-state index contributed by atoms with van der Waals surface area (Å²) in [5, 5.41) is 0. The van der Waals surface area contributed by atoms with Gasteiger partial charge < -0.3 is 4.55 Å². The molecule has 0 aliphatic carbocycles. The lowest BCUT2D eigenvalue weighted by Crippen LogP contribution is -2.31. The first-order chi connectivity index (χ1) is 9.29. The minimum Gasteiger partial charge on any atom is -0.748 e. The second-order valence-corrected chi connectivity index (χ2v) is 7.12. The van der Waals surface area contributed by atoms with E-state index in [1.54, 1.807) is 0 Å². The van der Waals surface area contributed by atoms with Crippen molar-refractivity contribution in [1.29, 1.82) is 0 Å². The minimum absolute atomic E-state index is 0.0714. The third-order valence-corrected chi connectivity index (χ3v) is 4.99. The summed E-state index contributed by atoms with van der Waals surface area (Å²) >= 11 is 0. The summed E-state index contributed by atoms with van der Waals surface area (Å²) in [6.45, 7) is 6.60. The highest BCUT2D eigenvalue weighted by Crippen LogP contribution is 2.42. The smallest absolute Gasteiger partial charge is 0.209 e. The summed E-state index contributed by atoms with van der Waals surface area (Å²) in [4.78, 5) is 0. The molecule has 0 bridgehead atoms. The van der Waals surface area contributed by atoms with Gasteiger partial charge in [-0.1, -0.05) is 31.5 Å². The van der Waals surface area contributed by atoms with Crippen molar-refractivity contribution in [1.82, 2.24) is 0 Å². The van der Waals surface area contributed by atoms with Gasteiger partial charge in [-0.25, -0.2) is 8.42 Å². The van der Waals surface area contributed by atoms with Crippen LogP contribution in [-0.2, 0) is 15.5 Å². The molecule has 1 aromatic rings. The Labute approximate surface area is 120 Å². The monoisotopic (exact) mass is 295 g/mol. The highest BCUT2D eigenvalue weighted by molar-refractivity contribution is 7.85. The first-order valence-electron chi connectivity index (χ1n) is 6.94. The lowest BCUT2D eigenvalue weighted by Gasteiger charge is -2.21. The van der Waals surface area contributed by atoms with E-state index in [0.717, 1.165) is 24.2 Å². The molecular formula is C15H21NO3S. The van der Waals surface area contributed by atoms with Crippen LogP contribution in [0.5, 0.6) is 0 Å². The Bertz CT molecular complexity index is 649. The summed E-state index contributed by atoms with van der Waals surface area (Å²) in [6, 6.07) is 8.05. The van der Waals surface area contributed by atoms with Gasteiger partial charge in [0, 0.05) is 18.6 Å². The zero-order valence-corrected chi connectivity index (χ0v) is 13.0. The number of hydrogen-bond donors (Lipinski definition) is 0. The molecule has 0 saturated carbocycles. The highest BCUT2D eigenvalue weighted by atomic mass is 32.2. The van der Waals surface area contributed by atoms with Crippen LogP contribution in [-0.4, -0.2) is 35.6 Å². The predicted octanol–water partition coefficient (Wildman–Crippen LogP) is 2.41.